The van der Waals surface area contributed by atoms with E-state index in [0.29, 0.717) is 30.8 Å². The maximum Gasteiger partial charge on any atom is 1.00 e. The van der Waals surface area contributed by atoms with Gasteiger partial charge in [-0.3, -0.25) is 4.79 Å². The van der Waals surface area contributed by atoms with Crippen LogP contribution in [0.4, 0.5) is 5.69 Å². The molecule has 8 heteroatoms. The molecule has 4 aromatic carbocycles. The van der Waals surface area contributed by atoms with Crippen LogP contribution in [0.5, 0.6) is 0 Å². The third-order valence-corrected chi connectivity index (χ3v) is 7.92. The third-order valence-electron chi connectivity index (χ3n) is 6.75. The second-order valence-electron chi connectivity index (χ2n) is 9.64. The first-order valence-electron chi connectivity index (χ1n) is 13.1. The van der Waals surface area contributed by atoms with Gasteiger partial charge in [0.2, 0.25) is 0 Å². The first-order chi connectivity index (χ1) is 19.4. The standard InChI is InChI=1S/C33H33BrN2O3S.Li/c1-23-8-6-7-11-28(23)30-20-25(14-17-29(30)32(37)35-31(33(38)39)18-19-40-2)22-36(27-9-4-3-5-10-27)21-24-12-15-26(34)16-13-24;/h3-17,20,31H,18-19,21-22H2,1-2H3,(H,35,37)(H,38,39);/q;+1/p-1/t31-;/m0./s1. The number of hydrogen-bond donors (Lipinski definition) is 1. The number of nitrogens with one attached hydrogen (secondary N) is 1. The van der Waals surface area contributed by atoms with Crippen molar-refractivity contribution in [2.75, 3.05) is 16.9 Å². The zero-order valence-corrected chi connectivity index (χ0v) is 26.0. The summed E-state index contributed by atoms with van der Waals surface area (Å²) in [5, 5.41) is 14.4. The summed E-state index contributed by atoms with van der Waals surface area (Å²) in [6.45, 7) is 3.34. The van der Waals surface area contributed by atoms with Crippen LogP contribution in [0.25, 0.3) is 11.1 Å². The topological polar surface area (TPSA) is 72.5 Å². The van der Waals surface area contributed by atoms with Crippen LogP contribution < -0.4 is 34.2 Å². The van der Waals surface area contributed by atoms with Crippen molar-refractivity contribution in [2.45, 2.75) is 32.5 Å². The Bertz CT molecular complexity index is 1450. The molecule has 0 aliphatic carbocycles. The van der Waals surface area contributed by atoms with Crippen molar-refractivity contribution in [2.24, 2.45) is 0 Å². The van der Waals surface area contributed by atoms with Crippen LogP contribution >= 0.6 is 27.7 Å². The van der Waals surface area contributed by atoms with Crippen LogP contribution in [-0.2, 0) is 17.9 Å². The number of thioether (sulfide) groups is 1. The van der Waals surface area contributed by atoms with E-state index in [-0.39, 0.29) is 18.9 Å². The fourth-order valence-corrected chi connectivity index (χ4v) is 5.35. The maximum absolute atomic E-state index is 13.4. The second kappa shape index (κ2) is 15.9. The average Bonchev–Trinajstić information content (AvgIpc) is 2.96. The van der Waals surface area contributed by atoms with Gasteiger partial charge in [0.1, 0.15) is 0 Å². The number of nitrogens with zero attached hydrogens (tertiary/aromatic N) is 1. The van der Waals surface area contributed by atoms with Crippen LogP contribution in [0.3, 0.4) is 0 Å². The van der Waals surface area contributed by atoms with Crippen LogP contribution in [0.1, 0.15) is 33.5 Å². The molecule has 0 bridgehead atoms. The van der Waals surface area contributed by atoms with E-state index >= 15 is 0 Å². The molecule has 4 aromatic rings. The molecule has 0 aliphatic heterocycles. The van der Waals surface area contributed by atoms with Gasteiger partial charge in [-0.1, -0.05) is 76.6 Å². The molecular formula is C33H32BrLiN2O3S. The number of carbonyl (C=O) groups is 2. The molecule has 1 atom stereocenters. The summed E-state index contributed by atoms with van der Waals surface area (Å²) in [4.78, 5) is 27.4. The maximum atomic E-state index is 13.4. The zero-order chi connectivity index (χ0) is 28.5. The monoisotopic (exact) mass is 622 g/mol. The summed E-state index contributed by atoms with van der Waals surface area (Å²) in [5.74, 6) is -1.09. The Balaban J connectivity index is 0.00000462. The molecule has 0 aliphatic rings. The molecule has 0 spiro atoms. The Kier molecular flexibility index (Phi) is 12.6. The van der Waals surface area contributed by atoms with Gasteiger partial charge in [0, 0.05) is 28.8 Å². The zero-order valence-electron chi connectivity index (χ0n) is 23.6. The van der Waals surface area contributed by atoms with E-state index in [1.807, 2.05) is 79.9 Å². The number of aryl methyl sites for hydroxylation is 1. The van der Waals surface area contributed by atoms with Gasteiger partial charge in [0.15, 0.2) is 0 Å². The summed E-state index contributed by atoms with van der Waals surface area (Å²) in [5.41, 5.74) is 6.48. The normalized spacial score (nSPS) is 11.3. The minimum atomic E-state index is -1.28. The molecule has 206 valence electrons. The summed E-state index contributed by atoms with van der Waals surface area (Å²) in [6.07, 6.45) is 2.20. The van der Waals surface area contributed by atoms with E-state index in [2.05, 4.69) is 50.4 Å². The van der Waals surface area contributed by atoms with Crippen molar-refractivity contribution in [1.82, 2.24) is 5.32 Å². The number of carboxylic acid groups (broad SMARTS) is 1. The van der Waals surface area contributed by atoms with Crippen molar-refractivity contribution >= 4 is 45.3 Å². The van der Waals surface area contributed by atoms with Gasteiger partial charge < -0.3 is 20.1 Å². The van der Waals surface area contributed by atoms with Gasteiger partial charge in [-0.2, -0.15) is 11.8 Å². The SMILES string of the molecule is CSCC[C@H](NC(=O)c1ccc(CN(Cc2ccc(Br)cc2)c2ccccc2)cc1-c1ccccc1C)C(=O)[O-].[Li+]. The number of para-hydroxylation sites is 1. The van der Waals surface area contributed by atoms with Crippen LogP contribution in [0.15, 0.2) is 102 Å². The number of carbonyl (C=O) groups excluding carboxylic acids is 2. The summed E-state index contributed by atoms with van der Waals surface area (Å²) in [7, 11) is 0. The molecule has 0 saturated heterocycles. The van der Waals surface area contributed by atoms with Gasteiger partial charge in [-0.05, 0) is 89.6 Å². The molecule has 0 radical (unpaired) electrons. The Morgan fingerprint density at radius 3 is 2.17 bits per heavy atom. The third kappa shape index (κ3) is 9.02. The summed E-state index contributed by atoms with van der Waals surface area (Å²) in [6, 6.07) is 31.2. The van der Waals surface area contributed by atoms with Crippen LogP contribution in [0.2, 0.25) is 0 Å². The summed E-state index contributed by atoms with van der Waals surface area (Å²) >= 11 is 5.05. The first-order valence-corrected chi connectivity index (χ1v) is 15.3. The molecule has 5 nitrogen and oxygen atoms in total. The number of amides is 1. The molecule has 0 saturated carbocycles. The van der Waals surface area contributed by atoms with Crippen molar-refractivity contribution in [1.29, 1.82) is 0 Å². The van der Waals surface area contributed by atoms with Crippen molar-refractivity contribution in [3.8, 4) is 11.1 Å². The number of rotatable bonds is 12. The number of carboxylic acids is 1. The van der Waals surface area contributed by atoms with E-state index in [9.17, 15) is 14.7 Å². The fourth-order valence-electron chi connectivity index (χ4n) is 4.61. The van der Waals surface area contributed by atoms with Gasteiger partial charge >= 0.3 is 18.9 Å². The van der Waals surface area contributed by atoms with E-state index in [4.69, 9.17) is 0 Å². The minimum absolute atomic E-state index is 0. The number of aliphatic carboxylic acids is 1. The van der Waals surface area contributed by atoms with Crippen LogP contribution in [-0.4, -0.2) is 29.9 Å². The van der Waals surface area contributed by atoms with E-state index in [1.54, 1.807) is 6.07 Å². The predicted molar refractivity (Wildman–Crippen MR) is 166 cm³/mol. The smallest absolute Gasteiger partial charge is 0.548 e. The molecule has 1 N–H and O–H groups in total. The molecule has 0 heterocycles. The molecule has 0 unspecified atom stereocenters. The second-order valence-corrected chi connectivity index (χ2v) is 11.5. The van der Waals surface area contributed by atoms with Gasteiger partial charge in [-0.25, -0.2) is 0 Å². The predicted octanol–water partition coefficient (Wildman–Crippen LogP) is 3.24. The first kappa shape index (κ1) is 32.6. The largest absolute Gasteiger partial charge is 1.00 e. The summed E-state index contributed by atoms with van der Waals surface area (Å²) < 4.78 is 1.04. The quantitative estimate of drug-likeness (QED) is 0.246. The van der Waals surface area contributed by atoms with Gasteiger partial charge in [0.25, 0.3) is 5.91 Å². The van der Waals surface area contributed by atoms with E-state index in [1.165, 1.54) is 17.3 Å². The molecule has 0 fully saturated rings. The van der Waals surface area contributed by atoms with E-state index in [0.717, 1.165) is 32.4 Å². The Labute approximate surface area is 267 Å². The van der Waals surface area contributed by atoms with Crippen LogP contribution in [0, 0.1) is 6.92 Å². The number of anilines is 1. The van der Waals surface area contributed by atoms with Gasteiger partial charge in [0.05, 0.1) is 12.0 Å². The Hall–Kier alpha value is -2.95. The van der Waals surface area contributed by atoms with E-state index < -0.39 is 17.9 Å². The number of benzene rings is 4. The molecule has 0 aromatic heterocycles. The molecular weight excluding hydrogens is 591 g/mol. The molecule has 4 rings (SSSR count). The Morgan fingerprint density at radius 1 is 0.878 bits per heavy atom. The van der Waals surface area contributed by atoms with Gasteiger partial charge in [-0.15, -0.1) is 0 Å². The van der Waals surface area contributed by atoms with Crippen molar-refractivity contribution in [3.63, 3.8) is 0 Å². The fraction of sp³-hybridized carbons (Fsp3) is 0.212. The molecule has 41 heavy (non-hydrogen) atoms. The minimum Gasteiger partial charge on any atom is -0.548 e. The van der Waals surface area contributed by atoms with Crippen molar-refractivity contribution in [3.05, 3.63) is 124 Å². The molecule has 1 amide bonds. The number of hydrogen-bond acceptors (Lipinski definition) is 5. The van der Waals surface area contributed by atoms with Crippen molar-refractivity contribution < 1.29 is 33.6 Å². The number of halogens is 1. The average molecular weight is 624 g/mol. The Morgan fingerprint density at radius 2 is 1.51 bits per heavy atom.